The van der Waals surface area contributed by atoms with Crippen LogP contribution in [-0.4, -0.2) is 67.8 Å². The van der Waals surface area contributed by atoms with E-state index >= 15 is 0 Å². The molecule has 1 fully saturated rings. The van der Waals surface area contributed by atoms with Gasteiger partial charge in [0.2, 0.25) is 0 Å². The highest BCUT2D eigenvalue weighted by atomic mass is 127. The first-order valence-electron chi connectivity index (χ1n) is 8.26. The Hall–Kier alpha value is -1.31. The second-order valence-corrected chi connectivity index (χ2v) is 6.45. The Balaban J connectivity index is 0.00000288. The molecule has 0 atom stereocenters. The van der Waals surface area contributed by atoms with Gasteiger partial charge in [0.05, 0.1) is 6.54 Å². The third-order valence-electron chi connectivity index (χ3n) is 4.05. The number of carbonyl (C=O) groups is 1. The number of halogens is 1. The minimum atomic E-state index is 0. The van der Waals surface area contributed by atoms with Gasteiger partial charge in [0.25, 0.3) is 5.91 Å². The molecule has 0 spiro atoms. The van der Waals surface area contributed by atoms with Crippen molar-refractivity contribution in [2.75, 3.05) is 41.3 Å². The maximum atomic E-state index is 12.4. The molecular formula is C18H29IN4O. The van der Waals surface area contributed by atoms with Gasteiger partial charge in [-0.3, -0.25) is 4.79 Å². The van der Waals surface area contributed by atoms with Crippen molar-refractivity contribution in [2.24, 2.45) is 4.99 Å². The molecular weight excluding hydrogens is 415 g/mol. The number of likely N-dealkylation sites (tertiary alicyclic amines) is 1. The zero-order valence-electron chi connectivity index (χ0n) is 15.2. The number of amides is 1. The van der Waals surface area contributed by atoms with Gasteiger partial charge in [0.15, 0.2) is 5.96 Å². The van der Waals surface area contributed by atoms with Crippen LogP contribution >= 0.6 is 24.0 Å². The van der Waals surface area contributed by atoms with Crippen molar-refractivity contribution >= 4 is 35.8 Å². The van der Waals surface area contributed by atoms with Crippen LogP contribution in [0.25, 0.3) is 0 Å². The minimum absolute atomic E-state index is 0. The number of rotatable bonds is 3. The Morgan fingerprint density at radius 3 is 2.04 bits per heavy atom. The van der Waals surface area contributed by atoms with E-state index in [0.29, 0.717) is 6.54 Å². The highest BCUT2D eigenvalue weighted by molar-refractivity contribution is 14.0. The Morgan fingerprint density at radius 1 is 1.00 bits per heavy atom. The zero-order chi connectivity index (χ0) is 16.8. The van der Waals surface area contributed by atoms with Crippen molar-refractivity contribution in [3.8, 4) is 0 Å². The van der Waals surface area contributed by atoms with Gasteiger partial charge in [0.1, 0.15) is 0 Å². The molecule has 6 heteroatoms. The van der Waals surface area contributed by atoms with E-state index in [1.165, 1.54) is 6.42 Å². The van der Waals surface area contributed by atoms with Gasteiger partial charge in [-0.05, 0) is 37.0 Å². The summed E-state index contributed by atoms with van der Waals surface area (Å²) in [5.41, 5.74) is 1.89. The summed E-state index contributed by atoms with van der Waals surface area (Å²) in [6.07, 6.45) is 3.48. The summed E-state index contributed by atoms with van der Waals surface area (Å²) in [4.78, 5) is 23.0. The summed E-state index contributed by atoms with van der Waals surface area (Å²) < 4.78 is 0. The predicted molar refractivity (Wildman–Crippen MR) is 110 cm³/mol. The molecule has 0 bridgehead atoms. The molecule has 1 saturated heterocycles. The van der Waals surface area contributed by atoms with Gasteiger partial charge >= 0.3 is 0 Å². The number of piperidine rings is 1. The van der Waals surface area contributed by atoms with Crippen LogP contribution in [0.3, 0.4) is 0 Å². The highest BCUT2D eigenvalue weighted by Crippen LogP contribution is 2.14. The fraction of sp³-hybridized carbons (Fsp3) is 0.556. The Labute approximate surface area is 162 Å². The average Bonchev–Trinajstić information content (AvgIpc) is 2.55. The van der Waals surface area contributed by atoms with Crippen molar-refractivity contribution in [1.82, 2.24) is 14.7 Å². The summed E-state index contributed by atoms with van der Waals surface area (Å²) in [5, 5.41) is 0. The molecule has 1 aromatic rings. The molecule has 1 amide bonds. The fourth-order valence-electron chi connectivity index (χ4n) is 2.88. The molecule has 0 unspecified atom stereocenters. The van der Waals surface area contributed by atoms with Gasteiger partial charge in [-0.25, -0.2) is 4.99 Å². The smallest absolute Gasteiger partial charge is 0.253 e. The van der Waals surface area contributed by atoms with Crippen LogP contribution in [0, 0.1) is 0 Å². The first kappa shape index (κ1) is 20.7. The molecule has 24 heavy (non-hydrogen) atoms. The summed E-state index contributed by atoms with van der Waals surface area (Å²) in [5.74, 6) is 1.08. The molecule has 1 aromatic carbocycles. The molecule has 1 aliphatic rings. The van der Waals surface area contributed by atoms with Crippen molar-refractivity contribution < 1.29 is 4.79 Å². The number of aliphatic imine (C=N–C) groups is 1. The number of hydrogen-bond donors (Lipinski definition) is 0. The largest absolute Gasteiger partial charge is 0.349 e. The molecule has 0 aromatic heterocycles. The van der Waals surface area contributed by atoms with Crippen LogP contribution in [0.4, 0.5) is 0 Å². The number of hydrogen-bond acceptors (Lipinski definition) is 2. The molecule has 5 nitrogen and oxygen atoms in total. The van der Waals surface area contributed by atoms with Crippen LogP contribution in [0.15, 0.2) is 29.3 Å². The summed E-state index contributed by atoms with van der Waals surface area (Å²) in [7, 11) is 7.94. The Bertz CT molecular complexity index is 539. The lowest BCUT2D eigenvalue weighted by molar-refractivity contribution is 0.0724. The molecule has 0 N–H and O–H groups in total. The van der Waals surface area contributed by atoms with Crippen LogP contribution in [0.2, 0.25) is 0 Å². The molecule has 0 radical (unpaired) electrons. The van der Waals surface area contributed by atoms with Crippen molar-refractivity contribution in [3.63, 3.8) is 0 Å². The summed E-state index contributed by atoms with van der Waals surface area (Å²) in [6, 6.07) is 7.85. The highest BCUT2D eigenvalue weighted by Gasteiger charge is 2.17. The number of nitrogens with zero attached hydrogens (tertiary/aromatic N) is 4. The van der Waals surface area contributed by atoms with Crippen molar-refractivity contribution in [3.05, 3.63) is 35.4 Å². The van der Waals surface area contributed by atoms with Crippen molar-refractivity contribution in [1.29, 1.82) is 0 Å². The Kier molecular flexibility index (Phi) is 8.52. The van der Waals surface area contributed by atoms with Crippen LogP contribution in [0.5, 0.6) is 0 Å². The van der Waals surface area contributed by atoms with Crippen LogP contribution in [0.1, 0.15) is 35.2 Å². The molecule has 0 saturated carbocycles. The molecule has 0 aliphatic carbocycles. The summed E-state index contributed by atoms with van der Waals surface area (Å²) in [6.45, 7) is 2.39. The lowest BCUT2D eigenvalue weighted by Gasteiger charge is -2.26. The topological polar surface area (TPSA) is 39.2 Å². The standard InChI is InChI=1S/C18H28N4O.HI/c1-20(2)18(21(3)4)19-14-15-8-10-16(11-9-15)17(23)22-12-6-5-7-13-22;/h8-11H,5-7,12-14H2,1-4H3;1H. The molecule has 1 aliphatic heterocycles. The Morgan fingerprint density at radius 2 is 1.54 bits per heavy atom. The number of guanidine groups is 1. The van der Waals surface area contributed by atoms with Crippen molar-refractivity contribution in [2.45, 2.75) is 25.8 Å². The second kappa shape index (κ2) is 9.86. The maximum absolute atomic E-state index is 12.4. The minimum Gasteiger partial charge on any atom is -0.349 e. The van der Waals surface area contributed by atoms with Gasteiger partial charge in [-0.15, -0.1) is 24.0 Å². The van der Waals surface area contributed by atoms with Crippen LogP contribution in [-0.2, 0) is 6.54 Å². The quantitative estimate of drug-likeness (QED) is 0.409. The fourth-order valence-corrected chi connectivity index (χ4v) is 2.88. The second-order valence-electron chi connectivity index (χ2n) is 6.45. The van der Waals surface area contributed by atoms with Gasteiger partial charge in [-0.2, -0.15) is 0 Å². The average molecular weight is 444 g/mol. The number of benzene rings is 1. The maximum Gasteiger partial charge on any atom is 0.253 e. The lowest BCUT2D eigenvalue weighted by Crippen LogP contribution is -2.35. The SMILES string of the molecule is CN(C)C(=NCc1ccc(C(=O)N2CCCCC2)cc1)N(C)C.I. The van der Waals surface area contributed by atoms with E-state index < -0.39 is 0 Å². The monoisotopic (exact) mass is 444 g/mol. The molecule has 1 heterocycles. The van der Waals surface area contributed by atoms with E-state index in [1.807, 2.05) is 67.2 Å². The van der Waals surface area contributed by atoms with E-state index in [1.54, 1.807) is 0 Å². The van der Waals surface area contributed by atoms with Gasteiger partial charge < -0.3 is 14.7 Å². The van der Waals surface area contributed by atoms with E-state index in [9.17, 15) is 4.79 Å². The van der Waals surface area contributed by atoms with Crippen LogP contribution < -0.4 is 0 Å². The summed E-state index contributed by atoms with van der Waals surface area (Å²) >= 11 is 0. The predicted octanol–water partition coefficient (Wildman–Crippen LogP) is 2.91. The number of carbonyl (C=O) groups excluding carboxylic acids is 1. The molecule has 134 valence electrons. The van der Waals surface area contributed by atoms with E-state index in [0.717, 1.165) is 43.0 Å². The zero-order valence-corrected chi connectivity index (χ0v) is 17.5. The third-order valence-corrected chi connectivity index (χ3v) is 4.05. The first-order chi connectivity index (χ1) is 11.0. The molecule has 2 rings (SSSR count). The van der Waals surface area contributed by atoms with Gasteiger partial charge in [-0.1, -0.05) is 12.1 Å². The lowest BCUT2D eigenvalue weighted by atomic mass is 10.1. The van der Waals surface area contributed by atoms with Gasteiger partial charge in [0, 0.05) is 46.8 Å². The van der Waals surface area contributed by atoms with E-state index in [4.69, 9.17) is 0 Å². The third kappa shape index (κ3) is 5.65. The van der Waals surface area contributed by atoms with E-state index in [-0.39, 0.29) is 29.9 Å². The first-order valence-corrected chi connectivity index (χ1v) is 8.26. The van der Waals surface area contributed by atoms with E-state index in [2.05, 4.69) is 4.99 Å². The normalized spacial score (nSPS) is 13.8.